The van der Waals surface area contributed by atoms with E-state index in [2.05, 4.69) is 15.5 Å². The van der Waals surface area contributed by atoms with Crippen molar-refractivity contribution < 1.29 is 9.32 Å². The molecule has 24 heavy (non-hydrogen) atoms. The second-order valence-corrected chi connectivity index (χ2v) is 7.58. The number of aromatic nitrogens is 2. The van der Waals surface area contributed by atoms with Gasteiger partial charge in [-0.25, -0.2) is 0 Å². The third-order valence-electron chi connectivity index (χ3n) is 3.32. The summed E-state index contributed by atoms with van der Waals surface area (Å²) in [7, 11) is 0. The van der Waals surface area contributed by atoms with E-state index in [1.54, 1.807) is 11.3 Å². The van der Waals surface area contributed by atoms with Gasteiger partial charge in [0, 0.05) is 5.69 Å². The second kappa shape index (κ2) is 7.63. The molecule has 5 nitrogen and oxygen atoms in total. The highest BCUT2D eigenvalue weighted by atomic mass is 32.2. The van der Waals surface area contributed by atoms with Crippen molar-refractivity contribution in [3.63, 3.8) is 0 Å². The lowest BCUT2D eigenvalue weighted by molar-refractivity contribution is -0.115. The van der Waals surface area contributed by atoms with E-state index in [1.807, 2.05) is 55.6 Å². The first kappa shape index (κ1) is 16.7. The smallest absolute Gasteiger partial charge is 0.237 e. The van der Waals surface area contributed by atoms with Crippen LogP contribution in [0.3, 0.4) is 0 Å². The molecule has 0 bridgehead atoms. The van der Waals surface area contributed by atoms with E-state index in [9.17, 15) is 4.79 Å². The molecule has 7 heteroatoms. The molecular formula is C17H17N3O2S2. The number of carbonyl (C=O) groups excluding carboxylic acids is 1. The van der Waals surface area contributed by atoms with E-state index in [1.165, 1.54) is 11.8 Å². The molecule has 0 saturated carbocycles. The highest BCUT2D eigenvalue weighted by molar-refractivity contribution is 7.99. The van der Waals surface area contributed by atoms with E-state index >= 15 is 0 Å². The van der Waals surface area contributed by atoms with Gasteiger partial charge < -0.3 is 9.84 Å². The molecular weight excluding hydrogens is 342 g/mol. The van der Waals surface area contributed by atoms with Gasteiger partial charge in [-0.15, -0.1) is 23.1 Å². The van der Waals surface area contributed by atoms with Crippen LogP contribution < -0.4 is 5.32 Å². The first-order valence-electron chi connectivity index (χ1n) is 7.47. The average Bonchev–Trinajstić information content (AvgIpc) is 3.23. The molecule has 124 valence electrons. The van der Waals surface area contributed by atoms with E-state index in [4.69, 9.17) is 4.52 Å². The van der Waals surface area contributed by atoms with Crippen LogP contribution in [-0.2, 0) is 10.5 Å². The molecule has 1 amide bonds. The fourth-order valence-corrected chi connectivity index (χ4v) is 3.43. The van der Waals surface area contributed by atoms with Gasteiger partial charge in [0.05, 0.1) is 15.9 Å². The van der Waals surface area contributed by atoms with Crippen molar-refractivity contribution in [1.82, 2.24) is 10.1 Å². The fraction of sp³-hybridized carbons (Fsp3) is 0.235. The highest BCUT2D eigenvalue weighted by Gasteiger charge is 2.16. The summed E-state index contributed by atoms with van der Waals surface area (Å²) in [6, 6.07) is 11.6. The van der Waals surface area contributed by atoms with Crippen molar-refractivity contribution >= 4 is 34.7 Å². The van der Waals surface area contributed by atoms with Gasteiger partial charge in [-0.05, 0) is 43.0 Å². The minimum atomic E-state index is -0.220. The topological polar surface area (TPSA) is 68.0 Å². The minimum absolute atomic E-state index is 0.0383. The average molecular weight is 359 g/mol. The zero-order chi connectivity index (χ0) is 16.9. The van der Waals surface area contributed by atoms with Crippen LogP contribution in [0.4, 0.5) is 5.69 Å². The molecule has 1 N–H and O–H groups in total. The molecule has 0 aliphatic heterocycles. The summed E-state index contributed by atoms with van der Waals surface area (Å²) in [5.74, 6) is 1.58. The lowest BCUT2D eigenvalue weighted by Gasteiger charge is -2.11. The number of anilines is 1. The molecule has 1 aromatic carbocycles. The third-order valence-corrected chi connectivity index (χ3v) is 5.31. The van der Waals surface area contributed by atoms with Crippen molar-refractivity contribution in [2.24, 2.45) is 0 Å². The summed E-state index contributed by atoms with van der Waals surface area (Å²) < 4.78 is 5.25. The van der Waals surface area contributed by atoms with Crippen LogP contribution in [0.5, 0.6) is 0 Å². The van der Waals surface area contributed by atoms with Gasteiger partial charge in [0.1, 0.15) is 0 Å². The van der Waals surface area contributed by atoms with Gasteiger partial charge in [0.15, 0.2) is 0 Å². The Labute approximate surface area is 148 Å². The highest BCUT2D eigenvalue weighted by Crippen LogP contribution is 2.24. The van der Waals surface area contributed by atoms with E-state index in [-0.39, 0.29) is 11.2 Å². The van der Waals surface area contributed by atoms with E-state index in [0.717, 1.165) is 16.1 Å². The number of carbonyl (C=O) groups is 1. The van der Waals surface area contributed by atoms with Crippen LogP contribution in [0.25, 0.3) is 10.7 Å². The Hall–Kier alpha value is -2.12. The molecule has 0 radical (unpaired) electrons. The SMILES string of the molecule is Cc1cccc(NC(=O)C(C)SCc2nc(-c3cccs3)no2)c1. The molecule has 1 unspecified atom stereocenters. The first-order valence-corrected chi connectivity index (χ1v) is 9.40. The summed E-state index contributed by atoms with van der Waals surface area (Å²) in [5.41, 5.74) is 1.92. The molecule has 2 aromatic heterocycles. The number of thiophene rings is 1. The number of rotatable bonds is 6. The molecule has 1 atom stereocenters. The monoisotopic (exact) mass is 359 g/mol. The van der Waals surface area contributed by atoms with Gasteiger partial charge in [-0.3, -0.25) is 4.79 Å². The predicted octanol–water partition coefficient (Wildman–Crippen LogP) is 4.37. The third kappa shape index (κ3) is 4.24. The van der Waals surface area contributed by atoms with Crippen molar-refractivity contribution in [1.29, 1.82) is 0 Å². The lowest BCUT2D eigenvalue weighted by atomic mass is 10.2. The van der Waals surface area contributed by atoms with Crippen LogP contribution in [-0.4, -0.2) is 21.3 Å². The summed E-state index contributed by atoms with van der Waals surface area (Å²) >= 11 is 3.03. The predicted molar refractivity (Wildman–Crippen MR) is 98.2 cm³/mol. The zero-order valence-electron chi connectivity index (χ0n) is 13.4. The molecule has 2 heterocycles. The van der Waals surface area contributed by atoms with Crippen LogP contribution in [0, 0.1) is 6.92 Å². The normalized spacial score (nSPS) is 12.1. The number of hydrogen-bond donors (Lipinski definition) is 1. The van der Waals surface area contributed by atoms with Crippen LogP contribution >= 0.6 is 23.1 Å². The maximum atomic E-state index is 12.2. The van der Waals surface area contributed by atoms with Crippen molar-refractivity contribution in [3.8, 4) is 10.7 Å². The molecule has 0 aliphatic carbocycles. The van der Waals surface area contributed by atoms with Crippen molar-refractivity contribution in [3.05, 3.63) is 53.2 Å². The largest absolute Gasteiger partial charge is 0.338 e. The Morgan fingerprint density at radius 2 is 2.25 bits per heavy atom. The lowest BCUT2D eigenvalue weighted by Crippen LogP contribution is -2.22. The molecule has 0 aliphatic rings. The maximum absolute atomic E-state index is 12.2. The number of benzene rings is 1. The van der Waals surface area contributed by atoms with Crippen molar-refractivity contribution in [2.45, 2.75) is 24.9 Å². The number of nitrogens with zero attached hydrogens (tertiary/aromatic N) is 2. The number of thioether (sulfide) groups is 1. The number of amides is 1. The Morgan fingerprint density at radius 1 is 1.38 bits per heavy atom. The summed E-state index contributed by atoms with van der Waals surface area (Å²) in [4.78, 5) is 17.6. The van der Waals surface area contributed by atoms with E-state index < -0.39 is 0 Å². The summed E-state index contributed by atoms with van der Waals surface area (Å²) in [5, 5.41) is 8.64. The Balaban J connectivity index is 1.53. The van der Waals surface area contributed by atoms with Gasteiger partial charge in [-0.2, -0.15) is 4.98 Å². The Kier molecular flexibility index (Phi) is 5.32. The zero-order valence-corrected chi connectivity index (χ0v) is 15.0. The van der Waals surface area contributed by atoms with Crippen LogP contribution in [0.15, 0.2) is 46.3 Å². The molecule has 0 saturated heterocycles. The first-order chi connectivity index (χ1) is 11.6. The number of nitrogens with one attached hydrogen (secondary N) is 1. The van der Waals surface area contributed by atoms with Crippen LogP contribution in [0.2, 0.25) is 0 Å². The Bertz CT molecular complexity index is 815. The summed E-state index contributed by atoms with van der Waals surface area (Å²) in [6.07, 6.45) is 0. The maximum Gasteiger partial charge on any atom is 0.237 e. The molecule has 3 aromatic rings. The molecule has 0 spiro atoms. The quantitative estimate of drug-likeness (QED) is 0.708. The Morgan fingerprint density at radius 3 is 3.00 bits per heavy atom. The number of aryl methyl sites for hydroxylation is 1. The molecule has 0 fully saturated rings. The van der Waals surface area contributed by atoms with Crippen molar-refractivity contribution in [2.75, 3.05) is 5.32 Å². The van der Waals surface area contributed by atoms with Gasteiger partial charge >= 0.3 is 0 Å². The van der Waals surface area contributed by atoms with E-state index in [0.29, 0.717) is 17.5 Å². The van der Waals surface area contributed by atoms with Gasteiger partial charge in [-0.1, -0.05) is 23.4 Å². The fourth-order valence-electron chi connectivity index (χ4n) is 2.06. The second-order valence-electron chi connectivity index (χ2n) is 5.30. The minimum Gasteiger partial charge on any atom is -0.338 e. The molecule has 3 rings (SSSR count). The van der Waals surface area contributed by atoms with Gasteiger partial charge in [0.2, 0.25) is 17.6 Å². The number of hydrogen-bond acceptors (Lipinski definition) is 6. The van der Waals surface area contributed by atoms with Crippen LogP contribution in [0.1, 0.15) is 18.4 Å². The van der Waals surface area contributed by atoms with Gasteiger partial charge in [0.25, 0.3) is 0 Å². The summed E-state index contributed by atoms with van der Waals surface area (Å²) in [6.45, 7) is 3.86. The standard InChI is InChI=1S/C17H17N3O2S2/c1-11-5-3-6-13(9-11)18-17(21)12(2)24-10-15-19-16(20-22-15)14-7-4-8-23-14/h3-9,12H,10H2,1-2H3,(H,18,21).